The maximum absolute atomic E-state index is 13.6. The number of rotatable bonds is 7. The van der Waals surface area contributed by atoms with E-state index < -0.39 is 5.92 Å². The van der Waals surface area contributed by atoms with E-state index in [-0.39, 0.29) is 24.1 Å². The maximum Gasteiger partial charge on any atom is 0.251 e. The van der Waals surface area contributed by atoms with Crippen LogP contribution in [0, 0.1) is 11.8 Å². The first-order chi connectivity index (χ1) is 17.0. The van der Waals surface area contributed by atoms with E-state index in [0.717, 1.165) is 50.0 Å². The van der Waals surface area contributed by atoms with Gasteiger partial charge in [0, 0.05) is 37.3 Å². The fourth-order valence-electron chi connectivity index (χ4n) is 5.80. The molecule has 6 nitrogen and oxygen atoms in total. The number of carbonyl (C=O) groups excluding carboxylic acids is 3. The number of hydrogen-bond donors (Lipinski definition) is 1. The molecule has 1 unspecified atom stereocenters. The molecule has 3 aliphatic rings. The van der Waals surface area contributed by atoms with Crippen molar-refractivity contribution < 1.29 is 14.4 Å². The van der Waals surface area contributed by atoms with Gasteiger partial charge in [0.25, 0.3) is 5.91 Å². The summed E-state index contributed by atoms with van der Waals surface area (Å²) < 4.78 is 0. The highest BCUT2D eigenvalue weighted by molar-refractivity contribution is 5.98. The minimum atomic E-state index is -0.500. The van der Waals surface area contributed by atoms with E-state index in [1.54, 1.807) is 4.90 Å². The molecular formula is C29H41N3O3. The Morgan fingerprint density at radius 2 is 1.60 bits per heavy atom. The van der Waals surface area contributed by atoms with Gasteiger partial charge in [-0.3, -0.25) is 14.4 Å². The Balaban J connectivity index is 1.50. The first-order valence-corrected chi connectivity index (χ1v) is 13.6. The standard InChI is InChI=1S/C29H41N3O3/c1-22-26(29(35)31-16-10-2-3-11-17-31)18-25(19-27(33)30-20-23-12-6-4-7-13-23)28(34)32(22)21-24-14-8-5-9-15-24/h5,8-9,14-15,23,25H,2-4,6-7,10-13,16-21H2,1H3,(H,30,33). The second-order valence-electron chi connectivity index (χ2n) is 10.6. The summed E-state index contributed by atoms with van der Waals surface area (Å²) in [5.74, 6) is -0.0322. The third-order valence-electron chi connectivity index (χ3n) is 7.99. The minimum absolute atomic E-state index is 0.0441. The smallest absolute Gasteiger partial charge is 0.251 e. The van der Waals surface area contributed by atoms with E-state index in [1.807, 2.05) is 42.2 Å². The van der Waals surface area contributed by atoms with Gasteiger partial charge < -0.3 is 15.1 Å². The zero-order valence-electron chi connectivity index (χ0n) is 21.3. The molecule has 0 aromatic heterocycles. The summed E-state index contributed by atoms with van der Waals surface area (Å²) in [5, 5.41) is 3.09. The maximum atomic E-state index is 13.6. The zero-order valence-corrected chi connectivity index (χ0v) is 21.3. The van der Waals surface area contributed by atoms with Crippen LogP contribution in [0.4, 0.5) is 0 Å². The van der Waals surface area contributed by atoms with Crippen LogP contribution < -0.4 is 5.32 Å². The van der Waals surface area contributed by atoms with Crippen molar-refractivity contribution in [3.8, 4) is 0 Å². The molecule has 6 heteroatoms. The second-order valence-corrected chi connectivity index (χ2v) is 10.6. The summed E-state index contributed by atoms with van der Waals surface area (Å²) in [4.78, 5) is 43.8. The molecule has 0 spiro atoms. The largest absolute Gasteiger partial charge is 0.356 e. The first-order valence-electron chi connectivity index (χ1n) is 13.6. The number of amides is 3. The van der Waals surface area contributed by atoms with Crippen LogP contribution in [0.3, 0.4) is 0 Å². The van der Waals surface area contributed by atoms with E-state index >= 15 is 0 Å². The van der Waals surface area contributed by atoms with Crippen LogP contribution in [0.15, 0.2) is 41.6 Å². The van der Waals surface area contributed by atoms with Gasteiger partial charge in [-0.1, -0.05) is 62.4 Å². The Hall–Kier alpha value is -2.63. The van der Waals surface area contributed by atoms with Crippen LogP contribution in [0.5, 0.6) is 0 Å². The lowest BCUT2D eigenvalue weighted by atomic mass is 9.87. The van der Waals surface area contributed by atoms with Gasteiger partial charge in [0.05, 0.1) is 12.5 Å². The fraction of sp³-hybridized carbons (Fsp3) is 0.621. The molecule has 2 heterocycles. The molecule has 1 atom stereocenters. The number of allylic oxidation sites excluding steroid dienone is 1. The molecule has 1 aromatic carbocycles. The van der Waals surface area contributed by atoms with E-state index in [2.05, 4.69) is 5.32 Å². The molecule has 190 valence electrons. The lowest BCUT2D eigenvalue weighted by Crippen LogP contribution is -2.44. The number of benzene rings is 1. The third-order valence-corrected chi connectivity index (χ3v) is 7.99. The van der Waals surface area contributed by atoms with Gasteiger partial charge in [-0.2, -0.15) is 0 Å². The van der Waals surface area contributed by atoms with Crippen molar-refractivity contribution in [3.63, 3.8) is 0 Å². The average Bonchev–Trinajstić information content (AvgIpc) is 3.18. The van der Waals surface area contributed by atoms with Crippen LogP contribution in [-0.4, -0.2) is 47.2 Å². The molecule has 3 amide bonds. The van der Waals surface area contributed by atoms with Crippen molar-refractivity contribution in [3.05, 3.63) is 47.2 Å². The topological polar surface area (TPSA) is 69.7 Å². The van der Waals surface area contributed by atoms with Crippen molar-refractivity contribution in [2.45, 2.75) is 84.1 Å². The van der Waals surface area contributed by atoms with Crippen LogP contribution >= 0.6 is 0 Å². The molecule has 1 saturated heterocycles. The summed E-state index contributed by atoms with van der Waals surface area (Å²) in [6, 6.07) is 9.87. The third kappa shape index (κ3) is 6.74. The highest BCUT2D eigenvalue weighted by atomic mass is 16.2. The molecule has 1 aliphatic carbocycles. The summed E-state index contributed by atoms with van der Waals surface area (Å²) in [6.45, 7) is 4.55. The molecular weight excluding hydrogens is 438 g/mol. The molecule has 1 N–H and O–H groups in total. The van der Waals surface area contributed by atoms with Crippen LogP contribution in [-0.2, 0) is 20.9 Å². The van der Waals surface area contributed by atoms with Gasteiger partial charge in [-0.25, -0.2) is 0 Å². The molecule has 0 bridgehead atoms. The predicted molar refractivity (Wildman–Crippen MR) is 137 cm³/mol. The van der Waals surface area contributed by atoms with Crippen molar-refractivity contribution in [2.75, 3.05) is 19.6 Å². The SMILES string of the molecule is CC1=C(C(=O)N2CCCCCC2)CC(CC(=O)NCC2CCCCC2)C(=O)N1Cc1ccccc1. The molecule has 1 saturated carbocycles. The summed E-state index contributed by atoms with van der Waals surface area (Å²) in [7, 11) is 0. The van der Waals surface area contributed by atoms with Gasteiger partial charge >= 0.3 is 0 Å². The van der Waals surface area contributed by atoms with Gasteiger partial charge in [0.1, 0.15) is 0 Å². The summed E-state index contributed by atoms with van der Waals surface area (Å²) in [6.07, 6.45) is 11.0. The van der Waals surface area contributed by atoms with Crippen LogP contribution in [0.25, 0.3) is 0 Å². The minimum Gasteiger partial charge on any atom is -0.356 e. The first kappa shape index (κ1) is 25.5. The molecule has 2 fully saturated rings. The number of hydrogen-bond acceptors (Lipinski definition) is 3. The Labute approximate surface area is 210 Å². The highest BCUT2D eigenvalue weighted by Crippen LogP contribution is 2.32. The van der Waals surface area contributed by atoms with Gasteiger partial charge in [-0.05, 0) is 50.5 Å². The lowest BCUT2D eigenvalue weighted by Gasteiger charge is -2.36. The predicted octanol–water partition coefficient (Wildman–Crippen LogP) is 4.80. The van der Waals surface area contributed by atoms with E-state index in [1.165, 1.54) is 32.1 Å². The van der Waals surface area contributed by atoms with Crippen molar-refractivity contribution in [2.24, 2.45) is 11.8 Å². The van der Waals surface area contributed by atoms with Crippen molar-refractivity contribution in [1.82, 2.24) is 15.1 Å². The Morgan fingerprint density at radius 1 is 0.943 bits per heavy atom. The van der Waals surface area contributed by atoms with Gasteiger partial charge in [0.2, 0.25) is 11.8 Å². The van der Waals surface area contributed by atoms with Gasteiger partial charge in [-0.15, -0.1) is 0 Å². The van der Waals surface area contributed by atoms with E-state index in [0.29, 0.717) is 31.0 Å². The highest BCUT2D eigenvalue weighted by Gasteiger charge is 2.37. The Morgan fingerprint density at radius 3 is 2.29 bits per heavy atom. The molecule has 2 aliphatic heterocycles. The summed E-state index contributed by atoms with van der Waals surface area (Å²) in [5.41, 5.74) is 2.46. The summed E-state index contributed by atoms with van der Waals surface area (Å²) >= 11 is 0. The average molecular weight is 480 g/mol. The monoisotopic (exact) mass is 479 g/mol. The molecule has 0 radical (unpaired) electrons. The van der Waals surface area contributed by atoms with E-state index in [4.69, 9.17) is 0 Å². The van der Waals surface area contributed by atoms with Gasteiger partial charge in [0.15, 0.2) is 0 Å². The number of nitrogens with one attached hydrogen (secondary N) is 1. The lowest BCUT2D eigenvalue weighted by molar-refractivity contribution is -0.139. The van der Waals surface area contributed by atoms with E-state index in [9.17, 15) is 14.4 Å². The van der Waals surface area contributed by atoms with Crippen LogP contribution in [0.2, 0.25) is 0 Å². The molecule has 35 heavy (non-hydrogen) atoms. The Kier molecular flexibility index (Phi) is 9.00. The zero-order chi connectivity index (χ0) is 24.6. The Bertz CT molecular complexity index is 912. The number of likely N-dealkylation sites (tertiary alicyclic amines) is 1. The van der Waals surface area contributed by atoms with Crippen molar-refractivity contribution >= 4 is 17.7 Å². The number of nitrogens with zero attached hydrogens (tertiary/aromatic N) is 2. The molecule has 4 rings (SSSR count). The normalized spacial score (nSPS) is 22.2. The van der Waals surface area contributed by atoms with Crippen LogP contribution in [0.1, 0.15) is 83.1 Å². The fourth-order valence-corrected chi connectivity index (χ4v) is 5.80. The number of carbonyl (C=O) groups is 3. The van der Waals surface area contributed by atoms with Crippen molar-refractivity contribution in [1.29, 1.82) is 0 Å². The molecule has 1 aromatic rings. The second kappa shape index (κ2) is 12.4. The quantitative estimate of drug-likeness (QED) is 0.611.